The molecule has 0 bridgehead atoms. The van der Waals surface area contributed by atoms with E-state index >= 15 is 0 Å². The number of hydrogen-bond acceptors (Lipinski definition) is 5. The van der Waals surface area contributed by atoms with Gasteiger partial charge in [0.2, 0.25) is 0 Å². The summed E-state index contributed by atoms with van der Waals surface area (Å²) >= 11 is 0. The summed E-state index contributed by atoms with van der Waals surface area (Å²) in [6, 6.07) is 14.1. The molecule has 1 aromatic carbocycles. The van der Waals surface area contributed by atoms with Crippen LogP contribution in [0.3, 0.4) is 0 Å². The highest BCUT2D eigenvalue weighted by molar-refractivity contribution is 5.93. The number of aliphatic hydroxyl groups excluding tert-OH is 2. The predicted molar refractivity (Wildman–Crippen MR) is 172 cm³/mol. The van der Waals surface area contributed by atoms with E-state index in [1.807, 2.05) is 42.7 Å². The smallest absolute Gasteiger partial charge is 0.305 e. The van der Waals surface area contributed by atoms with E-state index in [1.54, 1.807) is 0 Å². The second-order valence-corrected chi connectivity index (χ2v) is 15.4. The Kier molecular flexibility index (Phi) is 9.15. The van der Waals surface area contributed by atoms with Crippen LogP contribution in [-0.4, -0.2) is 47.4 Å². The fourth-order valence-electron chi connectivity index (χ4n) is 10.8. The number of methoxy groups -OCH3 is 1. The molecule has 1 amide bonds. The van der Waals surface area contributed by atoms with Gasteiger partial charge in [0.1, 0.15) is 5.56 Å². The molecular formula is C38H53N2O5+. The molecule has 3 N–H and O–H groups in total. The number of pyridine rings is 1. The average molecular weight is 618 g/mol. The summed E-state index contributed by atoms with van der Waals surface area (Å²) < 4.78 is 6.94. The summed E-state index contributed by atoms with van der Waals surface area (Å²) in [7, 11) is 1.44. The minimum Gasteiger partial charge on any atom is -0.469 e. The second kappa shape index (κ2) is 12.8. The van der Waals surface area contributed by atoms with Crippen molar-refractivity contribution in [3.63, 3.8) is 0 Å². The Hall–Kier alpha value is -2.77. The Morgan fingerprint density at radius 1 is 1.02 bits per heavy atom. The maximum atomic E-state index is 13.4. The SMILES string of the molecule is COC(=O)CC[C@@H](C)[C@H]1CC[C@H]2[C@@H]3[C@H](O)C[C@@H]4C[C@@H](NC(=O)c5ccc[n+](Cc6ccccc6)c5)CC[C@]4(C)[C@H]3C[C@H](O)[C@]12C. The third kappa shape index (κ3) is 5.95. The van der Waals surface area contributed by atoms with Crippen molar-refractivity contribution in [2.45, 2.75) is 103 Å². The highest BCUT2D eigenvalue weighted by Crippen LogP contribution is 2.68. The topological polar surface area (TPSA) is 99.7 Å². The normalized spacial score (nSPS) is 37.9. The van der Waals surface area contributed by atoms with Crippen LogP contribution < -0.4 is 9.88 Å². The average Bonchev–Trinajstić information content (AvgIpc) is 3.40. The number of ether oxygens (including phenoxy) is 1. The molecule has 7 nitrogen and oxygen atoms in total. The number of esters is 1. The molecule has 11 atom stereocenters. The number of nitrogens with zero attached hydrogens (tertiary/aromatic N) is 1. The molecule has 4 fully saturated rings. The Bertz CT molecular complexity index is 1370. The molecule has 244 valence electrons. The minimum atomic E-state index is -0.419. The van der Waals surface area contributed by atoms with Gasteiger partial charge in [-0.25, -0.2) is 0 Å². The third-order valence-electron chi connectivity index (χ3n) is 13.2. The zero-order valence-corrected chi connectivity index (χ0v) is 27.5. The lowest BCUT2D eigenvalue weighted by Gasteiger charge is -2.63. The Labute approximate surface area is 268 Å². The van der Waals surface area contributed by atoms with E-state index in [0.29, 0.717) is 36.3 Å². The lowest BCUT2D eigenvalue weighted by Crippen LogP contribution is -2.63. The maximum absolute atomic E-state index is 13.4. The predicted octanol–water partition coefficient (Wildman–Crippen LogP) is 5.31. The first-order chi connectivity index (χ1) is 21.5. The summed E-state index contributed by atoms with van der Waals surface area (Å²) in [6.07, 6.45) is 10.6. The van der Waals surface area contributed by atoms with Crippen LogP contribution in [0.4, 0.5) is 0 Å². The lowest BCUT2D eigenvalue weighted by molar-refractivity contribution is -0.688. The molecule has 2 aromatic rings. The van der Waals surface area contributed by atoms with E-state index < -0.39 is 12.2 Å². The number of aliphatic hydroxyl groups is 2. The number of benzene rings is 1. The minimum absolute atomic E-state index is 0.0352. The molecule has 6 rings (SSSR count). The quantitative estimate of drug-likeness (QED) is 0.276. The van der Waals surface area contributed by atoms with Crippen LogP contribution in [0.25, 0.3) is 0 Å². The molecule has 0 unspecified atom stereocenters. The number of carbonyl (C=O) groups is 2. The highest BCUT2D eigenvalue weighted by atomic mass is 16.5. The highest BCUT2D eigenvalue weighted by Gasteiger charge is 2.65. The third-order valence-corrected chi connectivity index (χ3v) is 13.2. The lowest BCUT2D eigenvalue weighted by atomic mass is 9.43. The van der Waals surface area contributed by atoms with Gasteiger partial charge in [0.05, 0.1) is 19.3 Å². The van der Waals surface area contributed by atoms with Gasteiger partial charge in [-0.2, -0.15) is 4.57 Å². The fraction of sp³-hybridized carbons (Fsp3) is 0.658. The molecule has 7 heteroatoms. The van der Waals surface area contributed by atoms with Gasteiger partial charge < -0.3 is 20.3 Å². The molecule has 0 spiro atoms. The van der Waals surface area contributed by atoms with E-state index in [4.69, 9.17) is 4.74 Å². The first-order valence-electron chi connectivity index (χ1n) is 17.3. The van der Waals surface area contributed by atoms with E-state index in [2.05, 4.69) is 42.8 Å². The van der Waals surface area contributed by atoms with Crippen molar-refractivity contribution in [2.24, 2.45) is 46.3 Å². The molecule has 0 aliphatic heterocycles. The number of hydrogen-bond donors (Lipinski definition) is 3. The zero-order valence-electron chi connectivity index (χ0n) is 27.5. The van der Waals surface area contributed by atoms with Gasteiger partial charge >= 0.3 is 5.97 Å². The fourth-order valence-corrected chi connectivity index (χ4v) is 10.8. The summed E-state index contributed by atoms with van der Waals surface area (Å²) in [5.41, 5.74) is 1.64. The Morgan fingerprint density at radius 3 is 2.56 bits per heavy atom. The van der Waals surface area contributed by atoms with Crippen LogP contribution in [0, 0.1) is 46.3 Å². The standard InChI is InChI=1S/C38H52N2O5/c1-24(12-15-34(43)45-4)29-13-14-30-35-31(21-33(42)38(29,30)3)37(2)17-16-28(19-27(37)20-32(35)41)39-36(44)26-11-8-18-40(23-26)22-25-9-6-5-7-10-25/h5-11,18,23-24,27-33,35,41-42H,12-17,19-22H2,1-4H3/p+1/t24-,27+,28+,29-,30+,31+,32-,33+,35+,37+,38-/m1/s1. The van der Waals surface area contributed by atoms with Gasteiger partial charge in [-0.05, 0) is 104 Å². The summed E-state index contributed by atoms with van der Waals surface area (Å²) in [6.45, 7) is 7.61. The summed E-state index contributed by atoms with van der Waals surface area (Å²) in [5, 5.41) is 27.0. The number of aromatic nitrogens is 1. The molecule has 1 aromatic heterocycles. The van der Waals surface area contributed by atoms with E-state index in [1.165, 1.54) is 12.7 Å². The number of rotatable bonds is 8. The Morgan fingerprint density at radius 2 is 1.80 bits per heavy atom. The van der Waals surface area contributed by atoms with Crippen LogP contribution in [-0.2, 0) is 16.1 Å². The van der Waals surface area contributed by atoms with Gasteiger partial charge in [0.15, 0.2) is 18.9 Å². The first kappa shape index (κ1) is 32.2. The van der Waals surface area contributed by atoms with Gasteiger partial charge in [0.25, 0.3) is 5.91 Å². The first-order valence-corrected chi connectivity index (χ1v) is 17.3. The van der Waals surface area contributed by atoms with Crippen molar-refractivity contribution in [2.75, 3.05) is 7.11 Å². The van der Waals surface area contributed by atoms with Gasteiger partial charge in [-0.1, -0.05) is 51.1 Å². The van der Waals surface area contributed by atoms with Crippen LogP contribution in [0.2, 0.25) is 0 Å². The second-order valence-electron chi connectivity index (χ2n) is 15.4. The van der Waals surface area contributed by atoms with Crippen LogP contribution in [0.15, 0.2) is 54.9 Å². The van der Waals surface area contributed by atoms with Crippen molar-refractivity contribution in [1.82, 2.24) is 5.32 Å². The molecule has 0 radical (unpaired) electrons. The van der Waals surface area contributed by atoms with Crippen LogP contribution >= 0.6 is 0 Å². The van der Waals surface area contributed by atoms with Crippen molar-refractivity contribution in [3.05, 3.63) is 66.0 Å². The summed E-state index contributed by atoms with van der Waals surface area (Å²) in [5.74, 6) is 1.47. The van der Waals surface area contributed by atoms with Crippen molar-refractivity contribution < 1.29 is 29.1 Å². The van der Waals surface area contributed by atoms with Crippen LogP contribution in [0.5, 0.6) is 0 Å². The van der Waals surface area contributed by atoms with E-state index in [0.717, 1.165) is 51.4 Å². The van der Waals surface area contributed by atoms with Gasteiger partial charge in [0, 0.05) is 24.1 Å². The largest absolute Gasteiger partial charge is 0.469 e. The number of fused-ring (bicyclic) bond motifs is 5. The maximum Gasteiger partial charge on any atom is 0.305 e. The zero-order chi connectivity index (χ0) is 31.9. The number of carbonyl (C=O) groups excluding carboxylic acids is 2. The molecular weight excluding hydrogens is 564 g/mol. The molecule has 1 heterocycles. The van der Waals surface area contributed by atoms with Crippen LogP contribution in [0.1, 0.15) is 94.5 Å². The number of nitrogens with one attached hydrogen (secondary N) is 1. The monoisotopic (exact) mass is 617 g/mol. The van der Waals surface area contributed by atoms with E-state index in [9.17, 15) is 19.8 Å². The number of amides is 1. The van der Waals surface area contributed by atoms with Gasteiger partial charge in [-0.15, -0.1) is 0 Å². The van der Waals surface area contributed by atoms with E-state index in [-0.39, 0.29) is 46.5 Å². The molecule has 4 saturated carbocycles. The van der Waals surface area contributed by atoms with Crippen molar-refractivity contribution >= 4 is 11.9 Å². The summed E-state index contributed by atoms with van der Waals surface area (Å²) in [4.78, 5) is 25.3. The molecule has 45 heavy (non-hydrogen) atoms. The van der Waals surface area contributed by atoms with Crippen molar-refractivity contribution in [1.29, 1.82) is 0 Å². The Balaban J connectivity index is 1.12. The molecule has 0 saturated heterocycles. The molecule has 4 aliphatic rings. The molecule has 4 aliphatic carbocycles. The van der Waals surface area contributed by atoms with Gasteiger partial charge in [-0.3, -0.25) is 9.59 Å². The van der Waals surface area contributed by atoms with Crippen molar-refractivity contribution in [3.8, 4) is 0 Å².